The molecule has 0 N–H and O–H groups in total. The van der Waals surface area contributed by atoms with Gasteiger partial charge in [-0.05, 0) is 23.5 Å². The van der Waals surface area contributed by atoms with Crippen LogP contribution >= 0.6 is 11.3 Å². The third-order valence-electron chi connectivity index (χ3n) is 2.68. The predicted octanol–water partition coefficient (Wildman–Crippen LogP) is 4.58. The van der Waals surface area contributed by atoms with Crippen LogP contribution < -0.4 is 0 Å². The van der Waals surface area contributed by atoms with Gasteiger partial charge in [-0.2, -0.15) is 0 Å². The van der Waals surface area contributed by atoms with E-state index < -0.39 is 0 Å². The van der Waals surface area contributed by atoms with Crippen molar-refractivity contribution >= 4 is 21.7 Å². The van der Waals surface area contributed by atoms with Crippen LogP contribution in [0.1, 0.15) is 52.1 Å². The number of rotatable bonds is 1. The molecule has 2 aromatic heterocycles. The molecule has 0 atom stereocenters. The van der Waals surface area contributed by atoms with Crippen molar-refractivity contribution in [2.75, 3.05) is 0 Å². The van der Waals surface area contributed by atoms with Crippen LogP contribution in [0.15, 0.2) is 12.3 Å². The fraction of sp³-hybridized carbons (Fsp3) is 0.600. The lowest BCUT2D eigenvalue weighted by molar-refractivity contribution is 0.411. The Bertz CT molecular complexity index is 556. The highest BCUT2D eigenvalue weighted by Gasteiger charge is 2.20. The fourth-order valence-electron chi connectivity index (χ4n) is 1.89. The quantitative estimate of drug-likeness (QED) is 0.752. The highest BCUT2D eigenvalue weighted by molar-refractivity contribution is 7.18. The molecule has 0 radical (unpaired) electrons. The van der Waals surface area contributed by atoms with E-state index in [0.717, 1.165) is 21.8 Å². The molecule has 0 aliphatic heterocycles. The van der Waals surface area contributed by atoms with Gasteiger partial charge in [0.25, 0.3) is 0 Å². The zero-order chi connectivity index (χ0) is 13.6. The number of pyridine rings is 1. The SMILES string of the molecule is CC(C)(C)Cc1cnc2sc(C(C)(C)C)nc2c1. The van der Waals surface area contributed by atoms with E-state index in [2.05, 4.69) is 52.6 Å². The van der Waals surface area contributed by atoms with Crippen molar-refractivity contribution in [2.24, 2.45) is 5.41 Å². The molecule has 0 spiro atoms. The Kier molecular flexibility index (Phi) is 3.22. The van der Waals surface area contributed by atoms with E-state index in [0.29, 0.717) is 0 Å². The first-order chi connectivity index (χ1) is 8.15. The molecule has 98 valence electrons. The average molecular weight is 262 g/mol. The Labute approximate surface area is 113 Å². The summed E-state index contributed by atoms with van der Waals surface area (Å²) in [4.78, 5) is 10.3. The van der Waals surface area contributed by atoms with Crippen LogP contribution in [0.25, 0.3) is 10.3 Å². The summed E-state index contributed by atoms with van der Waals surface area (Å²) in [5.41, 5.74) is 2.72. The Morgan fingerprint density at radius 3 is 2.33 bits per heavy atom. The number of hydrogen-bond donors (Lipinski definition) is 0. The lowest BCUT2D eigenvalue weighted by Gasteiger charge is -2.17. The molecule has 0 amide bonds. The second-order valence-corrected chi connectivity index (χ2v) is 8.15. The predicted molar refractivity (Wildman–Crippen MR) is 79.3 cm³/mol. The zero-order valence-electron chi connectivity index (χ0n) is 12.2. The summed E-state index contributed by atoms with van der Waals surface area (Å²) in [6, 6.07) is 2.19. The maximum absolute atomic E-state index is 4.73. The standard InChI is InChI=1S/C15H22N2S/c1-14(2,3)8-10-7-11-12(16-9-10)18-13(17-11)15(4,5)6/h7,9H,8H2,1-6H3. The number of fused-ring (bicyclic) bond motifs is 1. The maximum Gasteiger partial charge on any atom is 0.143 e. The van der Waals surface area contributed by atoms with Crippen LogP contribution in [-0.4, -0.2) is 9.97 Å². The monoisotopic (exact) mass is 262 g/mol. The molecule has 0 bridgehead atoms. The molecule has 2 rings (SSSR count). The average Bonchev–Trinajstić information content (AvgIpc) is 2.57. The molecule has 0 saturated heterocycles. The van der Waals surface area contributed by atoms with E-state index in [1.54, 1.807) is 11.3 Å². The van der Waals surface area contributed by atoms with Gasteiger partial charge in [0.1, 0.15) is 15.4 Å². The summed E-state index contributed by atoms with van der Waals surface area (Å²) < 4.78 is 0. The van der Waals surface area contributed by atoms with Gasteiger partial charge in [0, 0.05) is 11.6 Å². The minimum Gasteiger partial charge on any atom is -0.243 e. The van der Waals surface area contributed by atoms with Crippen molar-refractivity contribution in [3.05, 3.63) is 22.8 Å². The minimum atomic E-state index is 0.107. The van der Waals surface area contributed by atoms with Gasteiger partial charge in [0.15, 0.2) is 0 Å². The molecule has 0 aromatic carbocycles. The highest BCUT2D eigenvalue weighted by atomic mass is 32.1. The second kappa shape index (κ2) is 4.30. The number of hydrogen-bond acceptors (Lipinski definition) is 3. The Balaban J connectivity index is 2.40. The molecular formula is C15H22N2S. The van der Waals surface area contributed by atoms with Crippen molar-refractivity contribution in [1.29, 1.82) is 0 Å². The maximum atomic E-state index is 4.73. The van der Waals surface area contributed by atoms with Gasteiger partial charge in [-0.1, -0.05) is 52.9 Å². The lowest BCUT2D eigenvalue weighted by atomic mass is 9.89. The van der Waals surface area contributed by atoms with Gasteiger partial charge in [-0.3, -0.25) is 0 Å². The van der Waals surface area contributed by atoms with E-state index in [-0.39, 0.29) is 10.8 Å². The van der Waals surface area contributed by atoms with Gasteiger partial charge in [-0.15, -0.1) is 0 Å². The molecule has 2 heterocycles. The van der Waals surface area contributed by atoms with Crippen molar-refractivity contribution in [2.45, 2.75) is 53.4 Å². The molecule has 0 saturated carbocycles. The first-order valence-corrected chi connectivity index (χ1v) is 7.23. The van der Waals surface area contributed by atoms with Gasteiger partial charge < -0.3 is 0 Å². The molecular weight excluding hydrogens is 240 g/mol. The Morgan fingerprint density at radius 1 is 1.11 bits per heavy atom. The van der Waals surface area contributed by atoms with E-state index in [4.69, 9.17) is 4.98 Å². The van der Waals surface area contributed by atoms with Crippen LogP contribution in [0.4, 0.5) is 0 Å². The normalized spacial score (nSPS) is 13.2. The first-order valence-electron chi connectivity index (χ1n) is 6.41. The lowest BCUT2D eigenvalue weighted by Crippen LogP contribution is -2.10. The van der Waals surface area contributed by atoms with Gasteiger partial charge in [0.05, 0.1) is 0 Å². The zero-order valence-corrected chi connectivity index (χ0v) is 13.0. The van der Waals surface area contributed by atoms with Crippen LogP contribution in [-0.2, 0) is 11.8 Å². The van der Waals surface area contributed by atoms with Crippen molar-refractivity contribution in [1.82, 2.24) is 9.97 Å². The topological polar surface area (TPSA) is 25.8 Å². The van der Waals surface area contributed by atoms with E-state index in [9.17, 15) is 0 Å². The van der Waals surface area contributed by atoms with Crippen molar-refractivity contribution in [3.8, 4) is 0 Å². The molecule has 0 aliphatic rings. The molecule has 2 aromatic rings. The largest absolute Gasteiger partial charge is 0.243 e. The first kappa shape index (κ1) is 13.5. The third kappa shape index (κ3) is 3.08. The molecule has 3 heteroatoms. The number of thiazole rings is 1. The van der Waals surface area contributed by atoms with E-state index in [1.807, 2.05) is 6.20 Å². The summed E-state index contributed by atoms with van der Waals surface area (Å²) in [5.74, 6) is 0. The molecule has 2 nitrogen and oxygen atoms in total. The smallest absolute Gasteiger partial charge is 0.143 e. The Hall–Kier alpha value is -0.960. The molecule has 0 fully saturated rings. The van der Waals surface area contributed by atoms with Crippen LogP contribution in [0.5, 0.6) is 0 Å². The molecule has 0 unspecified atom stereocenters. The summed E-state index contributed by atoms with van der Waals surface area (Å²) in [5, 5.41) is 1.16. The highest BCUT2D eigenvalue weighted by Crippen LogP contribution is 2.31. The fourth-order valence-corrected chi connectivity index (χ4v) is 2.84. The van der Waals surface area contributed by atoms with E-state index >= 15 is 0 Å². The van der Waals surface area contributed by atoms with Gasteiger partial charge in [0.2, 0.25) is 0 Å². The van der Waals surface area contributed by atoms with Crippen molar-refractivity contribution < 1.29 is 0 Å². The van der Waals surface area contributed by atoms with Gasteiger partial charge >= 0.3 is 0 Å². The van der Waals surface area contributed by atoms with Crippen LogP contribution in [0.2, 0.25) is 0 Å². The number of nitrogens with zero attached hydrogens (tertiary/aromatic N) is 2. The summed E-state index contributed by atoms with van der Waals surface area (Å²) in [7, 11) is 0. The molecule has 0 aliphatic carbocycles. The third-order valence-corrected chi connectivity index (χ3v) is 4.09. The minimum absolute atomic E-state index is 0.107. The van der Waals surface area contributed by atoms with Crippen LogP contribution in [0, 0.1) is 5.41 Å². The Morgan fingerprint density at radius 2 is 1.78 bits per heavy atom. The second-order valence-electron chi connectivity index (χ2n) is 7.17. The molecule has 18 heavy (non-hydrogen) atoms. The van der Waals surface area contributed by atoms with E-state index in [1.165, 1.54) is 5.56 Å². The van der Waals surface area contributed by atoms with Gasteiger partial charge in [-0.25, -0.2) is 9.97 Å². The number of aromatic nitrogens is 2. The van der Waals surface area contributed by atoms with Crippen LogP contribution in [0.3, 0.4) is 0 Å². The summed E-state index contributed by atoms with van der Waals surface area (Å²) in [6.45, 7) is 13.3. The summed E-state index contributed by atoms with van der Waals surface area (Å²) in [6.07, 6.45) is 3.04. The van der Waals surface area contributed by atoms with Crippen molar-refractivity contribution in [3.63, 3.8) is 0 Å². The summed E-state index contributed by atoms with van der Waals surface area (Å²) >= 11 is 1.71.